The molecule has 3 aliphatic rings. The van der Waals surface area contributed by atoms with E-state index in [1.807, 2.05) is 29.2 Å². The third kappa shape index (κ3) is 3.24. The molecule has 0 saturated carbocycles. The van der Waals surface area contributed by atoms with Crippen molar-refractivity contribution < 1.29 is 14.3 Å². The lowest BCUT2D eigenvalue weighted by Crippen LogP contribution is -2.49. The molecule has 0 bridgehead atoms. The van der Waals surface area contributed by atoms with Crippen LogP contribution in [-0.4, -0.2) is 50.7 Å². The maximum absolute atomic E-state index is 13.4. The van der Waals surface area contributed by atoms with Crippen molar-refractivity contribution in [2.45, 2.75) is 64.1 Å². The number of fused-ring (bicyclic) bond motifs is 2. The number of aryl methyl sites for hydroxylation is 1. The van der Waals surface area contributed by atoms with Crippen LogP contribution in [0.4, 0.5) is 5.69 Å². The molecule has 0 radical (unpaired) electrons. The number of ether oxygens (including phenoxy) is 1. The van der Waals surface area contributed by atoms with Crippen LogP contribution >= 0.6 is 0 Å². The quantitative estimate of drug-likeness (QED) is 0.778. The van der Waals surface area contributed by atoms with E-state index in [0.717, 1.165) is 50.3 Å². The summed E-state index contributed by atoms with van der Waals surface area (Å²) in [7, 11) is 0. The molecule has 1 aromatic carbocycles. The van der Waals surface area contributed by atoms with Gasteiger partial charge < -0.3 is 14.2 Å². The van der Waals surface area contributed by atoms with Crippen molar-refractivity contribution >= 4 is 17.5 Å². The van der Waals surface area contributed by atoms with Crippen LogP contribution in [0.5, 0.6) is 5.75 Å². The van der Waals surface area contributed by atoms with E-state index in [2.05, 4.69) is 14.8 Å². The lowest BCUT2D eigenvalue weighted by molar-refractivity contribution is -0.134. The van der Waals surface area contributed by atoms with Crippen molar-refractivity contribution in [2.75, 3.05) is 18.0 Å². The number of rotatable bonds is 3. The fourth-order valence-corrected chi connectivity index (χ4v) is 4.84. The zero-order chi connectivity index (χ0) is 20.7. The number of nitrogens with zero attached hydrogens (tertiary/aromatic N) is 5. The van der Waals surface area contributed by atoms with Gasteiger partial charge in [0.15, 0.2) is 11.9 Å². The summed E-state index contributed by atoms with van der Waals surface area (Å²) in [6.45, 7) is 3.34. The first kappa shape index (κ1) is 19.1. The molecular formula is C22H27N5O3. The minimum atomic E-state index is -0.602. The van der Waals surface area contributed by atoms with E-state index in [0.29, 0.717) is 18.0 Å². The Bertz CT molecular complexity index is 971. The summed E-state index contributed by atoms with van der Waals surface area (Å²) in [5.41, 5.74) is 0.654. The second kappa shape index (κ2) is 7.74. The van der Waals surface area contributed by atoms with E-state index in [1.54, 1.807) is 11.8 Å². The van der Waals surface area contributed by atoms with E-state index >= 15 is 0 Å². The van der Waals surface area contributed by atoms with Gasteiger partial charge in [-0.1, -0.05) is 18.6 Å². The molecule has 0 unspecified atom stereocenters. The van der Waals surface area contributed by atoms with Crippen LogP contribution in [0.25, 0.3) is 0 Å². The average Bonchev–Trinajstić information content (AvgIpc) is 3.32. The van der Waals surface area contributed by atoms with Gasteiger partial charge in [-0.05, 0) is 44.7 Å². The molecule has 5 rings (SSSR count). The highest BCUT2D eigenvalue weighted by molar-refractivity contribution is 6.03. The first-order valence-corrected chi connectivity index (χ1v) is 10.9. The van der Waals surface area contributed by atoms with Crippen molar-refractivity contribution in [1.29, 1.82) is 0 Å². The van der Waals surface area contributed by atoms with Gasteiger partial charge in [-0.25, -0.2) is 0 Å². The fraction of sp³-hybridized carbons (Fsp3) is 0.545. The Balaban J connectivity index is 1.39. The molecule has 2 amide bonds. The summed E-state index contributed by atoms with van der Waals surface area (Å²) in [6.07, 6.45) is 5.63. The summed E-state index contributed by atoms with van der Waals surface area (Å²) in [5, 5.41) is 8.90. The molecule has 0 N–H and O–H groups in total. The summed E-state index contributed by atoms with van der Waals surface area (Å²) in [4.78, 5) is 29.6. The third-order valence-electron chi connectivity index (χ3n) is 6.38. The van der Waals surface area contributed by atoms with Gasteiger partial charge in [0.05, 0.1) is 11.7 Å². The number of likely N-dealkylation sites (tertiary alicyclic amines) is 1. The van der Waals surface area contributed by atoms with Gasteiger partial charge in [0.2, 0.25) is 5.91 Å². The van der Waals surface area contributed by atoms with Gasteiger partial charge in [0.1, 0.15) is 18.1 Å². The first-order valence-electron chi connectivity index (χ1n) is 10.9. The van der Waals surface area contributed by atoms with E-state index in [9.17, 15) is 9.59 Å². The van der Waals surface area contributed by atoms with Gasteiger partial charge in [0, 0.05) is 19.5 Å². The fourth-order valence-electron chi connectivity index (χ4n) is 4.84. The van der Waals surface area contributed by atoms with Crippen molar-refractivity contribution in [2.24, 2.45) is 0 Å². The summed E-state index contributed by atoms with van der Waals surface area (Å²) >= 11 is 0. The predicted molar refractivity (Wildman–Crippen MR) is 110 cm³/mol. The maximum Gasteiger partial charge on any atom is 0.268 e. The van der Waals surface area contributed by atoms with Gasteiger partial charge in [-0.15, -0.1) is 10.2 Å². The summed E-state index contributed by atoms with van der Waals surface area (Å²) in [5.74, 6) is 2.33. The Hall–Kier alpha value is -2.90. The zero-order valence-corrected chi connectivity index (χ0v) is 17.3. The number of aromatic nitrogens is 3. The van der Waals surface area contributed by atoms with Gasteiger partial charge in [0.25, 0.3) is 5.91 Å². The molecule has 2 atom stereocenters. The molecule has 158 valence electrons. The number of para-hydroxylation sites is 2. The van der Waals surface area contributed by atoms with Gasteiger partial charge in [-0.3, -0.25) is 14.5 Å². The second-order valence-corrected chi connectivity index (χ2v) is 8.33. The molecule has 1 aromatic heterocycles. The highest BCUT2D eigenvalue weighted by atomic mass is 16.5. The Labute approximate surface area is 175 Å². The number of hydrogen-bond donors (Lipinski definition) is 0. The van der Waals surface area contributed by atoms with Crippen molar-refractivity contribution in [3.8, 4) is 5.75 Å². The Morgan fingerprint density at radius 2 is 2.00 bits per heavy atom. The number of carbonyl (C=O) groups excluding carboxylic acids is 2. The number of hydrogen-bond acceptors (Lipinski definition) is 5. The zero-order valence-electron chi connectivity index (χ0n) is 17.3. The van der Waals surface area contributed by atoms with E-state index < -0.39 is 6.10 Å². The summed E-state index contributed by atoms with van der Waals surface area (Å²) in [6, 6.07) is 7.31. The minimum Gasteiger partial charge on any atom is -0.479 e. The predicted octanol–water partition coefficient (Wildman–Crippen LogP) is 2.48. The molecule has 1 fully saturated rings. The summed E-state index contributed by atoms with van der Waals surface area (Å²) < 4.78 is 7.92. The highest BCUT2D eigenvalue weighted by Gasteiger charge is 2.38. The number of anilines is 1. The topological polar surface area (TPSA) is 80.6 Å². The molecule has 0 spiro atoms. The second-order valence-electron chi connectivity index (χ2n) is 8.33. The first-order chi connectivity index (χ1) is 14.6. The van der Waals surface area contributed by atoms with Crippen LogP contribution < -0.4 is 9.64 Å². The Morgan fingerprint density at radius 3 is 2.90 bits per heavy atom. The van der Waals surface area contributed by atoms with E-state index in [4.69, 9.17) is 4.74 Å². The largest absolute Gasteiger partial charge is 0.479 e. The standard InChI is InChI=1S/C22H27N5O3/c1-15-22(29)27(16-8-4-5-10-18(16)30-15)14-20(28)25-13-7-9-17(25)21-24-23-19-11-3-2-6-12-26(19)21/h4-5,8,10,15,17H,2-3,6-7,9,11-14H2,1H3/t15-,17+/m0/s1. The molecule has 30 heavy (non-hydrogen) atoms. The van der Waals surface area contributed by atoms with Crippen molar-refractivity contribution in [3.05, 3.63) is 35.9 Å². The molecular weight excluding hydrogens is 382 g/mol. The maximum atomic E-state index is 13.4. The van der Waals surface area contributed by atoms with Crippen LogP contribution in [0.1, 0.15) is 56.7 Å². The smallest absolute Gasteiger partial charge is 0.268 e. The molecule has 8 heteroatoms. The lowest BCUT2D eigenvalue weighted by Gasteiger charge is -2.34. The lowest BCUT2D eigenvalue weighted by atomic mass is 10.1. The van der Waals surface area contributed by atoms with Crippen molar-refractivity contribution in [3.63, 3.8) is 0 Å². The van der Waals surface area contributed by atoms with E-state index in [1.165, 1.54) is 6.42 Å². The minimum absolute atomic E-state index is 0.0149. The van der Waals surface area contributed by atoms with Gasteiger partial charge in [-0.2, -0.15) is 0 Å². The molecule has 1 saturated heterocycles. The highest BCUT2D eigenvalue weighted by Crippen LogP contribution is 2.36. The normalized spacial score (nSPS) is 23.6. The van der Waals surface area contributed by atoms with Gasteiger partial charge >= 0.3 is 0 Å². The van der Waals surface area contributed by atoms with Crippen LogP contribution in [0.3, 0.4) is 0 Å². The molecule has 4 heterocycles. The molecule has 0 aliphatic carbocycles. The molecule has 2 aromatic rings. The monoisotopic (exact) mass is 409 g/mol. The number of benzene rings is 1. The Kier molecular flexibility index (Phi) is 4.92. The van der Waals surface area contributed by atoms with Crippen LogP contribution in [0.2, 0.25) is 0 Å². The molecule has 3 aliphatic heterocycles. The van der Waals surface area contributed by atoms with Crippen molar-refractivity contribution in [1.82, 2.24) is 19.7 Å². The van der Waals surface area contributed by atoms with E-state index in [-0.39, 0.29) is 24.4 Å². The third-order valence-corrected chi connectivity index (χ3v) is 6.38. The van der Waals surface area contributed by atoms with Crippen LogP contribution in [0, 0.1) is 0 Å². The van der Waals surface area contributed by atoms with Crippen LogP contribution in [0.15, 0.2) is 24.3 Å². The Morgan fingerprint density at radius 1 is 1.13 bits per heavy atom. The average molecular weight is 409 g/mol. The number of amides is 2. The number of carbonyl (C=O) groups is 2. The SMILES string of the molecule is C[C@@H]1Oc2ccccc2N(CC(=O)N2CCC[C@@H]2c2nnc3n2CCCCC3)C1=O. The van der Waals surface area contributed by atoms with Crippen LogP contribution in [-0.2, 0) is 22.6 Å². The molecule has 8 nitrogen and oxygen atoms in total.